The van der Waals surface area contributed by atoms with Crippen LogP contribution >= 0.6 is 0 Å². The van der Waals surface area contributed by atoms with Crippen LogP contribution in [0, 0.1) is 15.9 Å². The van der Waals surface area contributed by atoms with Crippen LogP contribution in [0.25, 0.3) is 0 Å². The fraction of sp³-hybridized carbons (Fsp3) is 0.214. The fourth-order valence-electron chi connectivity index (χ4n) is 1.76. The van der Waals surface area contributed by atoms with E-state index in [1.807, 2.05) is 0 Å². The Balaban J connectivity index is 2.22. The first-order chi connectivity index (χ1) is 11.4. The summed E-state index contributed by atoms with van der Waals surface area (Å²) >= 11 is 0. The summed E-state index contributed by atoms with van der Waals surface area (Å²) in [7, 11) is 0. The van der Waals surface area contributed by atoms with E-state index in [2.05, 4.69) is 20.8 Å². The third-order valence-corrected chi connectivity index (χ3v) is 2.73. The lowest BCUT2D eigenvalue weighted by Gasteiger charge is -2.12. The third kappa shape index (κ3) is 3.91. The highest BCUT2D eigenvalue weighted by Gasteiger charge is 2.25. The molecular weight excluding hydrogens is 321 g/mol. The molecule has 126 valence electrons. The zero-order valence-electron chi connectivity index (χ0n) is 12.8. The second kappa shape index (κ2) is 7.31. The molecule has 0 spiro atoms. The van der Waals surface area contributed by atoms with Crippen molar-refractivity contribution in [3.63, 3.8) is 0 Å². The summed E-state index contributed by atoms with van der Waals surface area (Å²) in [6.45, 7) is 3.36. The maximum absolute atomic E-state index is 13.5. The fourth-order valence-corrected chi connectivity index (χ4v) is 1.76. The number of halogens is 1. The number of carbonyl (C=O) groups is 1. The Labute approximate surface area is 136 Å². The summed E-state index contributed by atoms with van der Waals surface area (Å²) in [6, 6.07) is 5.31. The van der Waals surface area contributed by atoms with Gasteiger partial charge in [-0.05, 0) is 26.0 Å². The van der Waals surface area contributed by atoms with Crippen LogP contribution in [0.15, 0.2) is 30.6 Å². The number of nitrogens with one attached hydrogen (secondary N) is 2. The van der Waals surface area contributed by atoms with Gasteiger partial charge in [-0.2, -0.15) is 4.98 Å². The minimum atomic E-state index is -0.813. The van der Waals surface area contributed by atoms with Gasteiger partial charge in [0.25, 0.3) is 11.8 Å². The number of nitro groups is 1. The highest BCUT2D eigenvalue weighted by molar-refractivity contribution is 5.95. The van der Waals surface area contributed by atoms with Crippen molar-refractivity contribution in [2.45, 2.75) is 20.0 Å². The number of carbonyl (C=O) groups excluding carboxylic acids is 1. The van der Waals surface area contributed by atoms with E-state index in [0.717, 1.165) is 12.4 Å². The van der Waals surface area contributed by atoms with E-state index in [0.29, 0.717) is 0 Å². The molecule has 0 aliphatic heterocycles. The summed E-state index contributed by atoms with van der Waals surface area (Å²) in [5.74, 6) is -2.06. The highest BCUT2D eigenvalue weighted by atomic mass is 19.1. The molecule has 2 N–H and O–H groups in total. The Kier molecular flexibility index (Phi) is 5.20. The molecule has 0 saturated heterocycles. The van der Waals surface area contributed by atoms with Crippen LogP contribution in [0.4, 0.5) is 15.9 Å². The zero-order chi connectivity index (χ0) is 17.7. The summed E-state index contributed by atoms with van der Waals surface area (Å²) in [6.07, 6.45) is 0.696. The van der Waals surface area contributed by atoms with Gasteiger partial charge in [0, 0.05) is 0 Å². The maximum Gasteiger partial charge on any atom is 0.374 e. The highest BCUT2D eigenvalue weighted by Crippen LogP contribution is 2.30. The summed E-state index contributed by atoms with van der Waals surface area (Å²) in [5.41, 5.74) is 3.68. The topological polar surface area (TPSA) is 119 Å². The molecule has 0 aliphatic rings. The van der Waals surface area contributed by atoms with Crippen LogP contribution in [0.2, 0.25) is 0 Å². The summed E-state index contributed by atoms with van der Waals surface area (Å²) < 4.78 is 18.8. The first-order valence-electron chi connectivity index (χ1n) is 6.87. The van der Waals surface area contributed by atoms with E-state index in [9.17, 15) is 19.3 Å². The smallest absolute Gasteiger partial charge is 0.374 e. The molecular formula is C14H14FN5O4. The zero-order valence-corrected chi connectivity index (χ0v) is 12.8. The molecule has 0 unspecified atom stereocenters. The van der Waals surface area contributed by atoms with Gasteiger partial charge in [-0.25, -0.2) is 9.37 Å². The lowest BCUT2D eigenvalue weighted by Crippen LogP contribution is -2.31. The maximum atomic E-state index is 13.5. The van der Waals surface area contributed by atoms with Gasteiger partial charge in [0.1, 0.15) is 12.1 Å². The predicted molar refractivity (Wildman–Crippen MR) is 81.9 cm³/mol. The van der Waals surface area contributed by atoms with Gasteiger partial charge in [0.15, 0.2) is 0 Å². The minimum absolute atomic E-state index is 0.222. The first-order valence-corrected chi connectivity index (χ1v) is 6.87. The van der Waals surface area contributed by atoms with Crippen molar-refractivity contribution < 1.29 is 18.8 Å². The molecule has 0 fully saturated rings. The molecule has 0 atom stereocenters. The van der Waals surface area contributed by atoms with Gasteiger partial charge in [-0.3, -0.25) is 25.8 Å². The number of ether oxygens (including phenoxy) is 1. The number of amides is 1. The van der Waals surface area contributed by atoms with Crippen LogP contribution in [0.5, 0.6) is 5.88 Å². The number of aromatic nitrogens is 2. The molecule has 0 saturated carbocycles. The molecule has 10 heteroatoms. The number of anilines is 1. The van der Waals surface area contributed by atoms with Crippen molar-refractivity contribution in [3.05, 3.63) is 52.1 Å². The van der Waals surface area contributed by atoms with Gasteiger partial charge < -0.3 is 4.74 Å². The largest absolute Gasteiger partial charge is 0.470 e. The Hall–Kier alpha value is -3.30. The van der Waals surface area contributed by atoms with Gasteiger partial charge in [0.2, 0.25) is 5.82 Å². The summed E-state index contributed by atoms with van der Waals surface area (Å²) in [4.78, 5) is 29.8. The van der Waals surface area contributed by atoms with Crippen LogP contribution in [-0.4, -0.2) is 26.9 Å². The van der Waals surface area contributed by atoms with Gasteiger partial charge in [0.05, 0.1) is 16.6 Å². The SMILES string of the molecule is CC(C)Oc1ncnc(NNC(=O)c2ccccc2F)c1[N+](=O)[O-]. The Morgan fingerprint density at radius 1 is 1.33 bits per heavy atom. The molecule has 1 amide bonds. The monoisotopic (exact) mass is 335 g/mol. The second-order valence-corrected chi connectivity index (χ2v) is 4.86. The molecule has 9 nitrogen and oxygen atoms in total. The van der Waals surface area contributed by atoms with Crippen LogP contribution < -0.4 is 15.6 Å². The van der Waals surface area contributed by atoms with Crippen LogP contribution in [0.3, 0.4) is 0 Å². The molecule has 0 radical (unpaired) electrons. The molecule has 24 heavy (non-hydrogen) atoms. The second-order valence-electron chi connectivity index (χ2n) is 4.86. The van der Waals surface area contributed by atoms with Crippen LogP contribution in [-0.2, 0) is 0 Å². The van der Waals surface area contributed by atoms with E-state index in [4.69, 9.17) is 4.74 Å². The van der Waals surface area contributed by atoms with Crippen molar-refractivity contribution >= 4 is 17.4 Å². The van der Waals surface area contributed by atoms with E-state index in [1.54, 1.807) is 13.8 Å². The van der Waals surface area contributed by atoms with E-state index < -0.39 is 22.3 Å². The number of rotatable bonds is 6. The third-order valence-electron chi connectivity index (χ3n) is 2.73. The normalized spacial score (nSPS) is 10.3. The van der Waals surface area contributed by atoms with Gasteiger partial charge >= 0.3 is 5.69 Å². The molecule has 1 aromatic heterocycles. The average Bonchev–Trinajstić information content (AvgIpc) is 2.52. The lowest BCUT2D eigenvalue weighted by molar-refractivity contribution is -0.385. The predicted octanol–water partition coefficient (Wildman–Crippen LogP) is 2.07. The molecule has 2 rings (SSSR count). The Bertz CT molecular complexity index is 769. The van der Waals surface area contributed by atoms with E-state index in [-0.39, 0.29) is 23.4 Å². The molecule has 2 aromatic rings. The minimum Gasteiger partial charge on any atom is -0.470 e. The Morgan fingerprint density at radius 3 is 2.67 bits per heavy atom. The van der Waals surface area contributed by atoms with Crippen molar-refractivity contribution in [1.82, 2.24) is 15.4 Å². The van der Waals surface area contributed by atoms with Crippen molar-refractivity contribution in [1.29, 1.82) is 0 Å². The number of hydrogen-bond acceptors (Lipinski definition) is 7. The number of benzene rings is 1. The van der Waals surface area contributed by atoms with Gasteiger partial charge in [-0.1, -0.05) is 12.1 Å². The number of hydrazine groups is 1. The van der Waals surface area contributed by atoms with Gasteiger partial charge in [-0.15, -0.1) is 0 Å². The average molecular weight is 335 g/mol. The van der Waals surface area contributed by atoms with E-state index >= 15 is 0 Å². The first kappa shape index (κ1) is 17.1. The quantitative estimate of drug-likeness (QED) is 0.612. The number of nitrogens with zero attached hydrogens (tertiary/aromatic N) is 3. The van der Waals surface area contributed by atoms with Crippen molar-refractivity contribution in [2.24, 2.45) is 0 Å². The lowest BCUT2D eigenvalue weighted by atomic mass is 10.2. The molecule has 1 aromatic carbocycles. The summed E-state index contributed by atoms with van der Waals surface area (Å²) in [5, 5.41) is 11.2. The van der Waals surface area contributed by atoms with Crippen molar-refractivity contribution in [3.8, 4) is 5.88 Å². The molecule has 0 bridgehead atoms. The Morgan fingerprint density at radius 2 is 2.04 bits per heavy atom. The number of hydrogen-bond donors (Lipinski definition) is 2. The molecule has 1 heterocycles. The standard InChI is InChI=1S/C14H14FN5O4/c1-8(2)24-14-11(20(22)23)12(16-7-17-14)18-19-13(21)9-5-3-4-6-10(9)15/h3-8H,1-2H3,(H,19,21)(H,16,17,18). The van der Waals surface area contributed by atoms with Crippen molar-refractivity contribution in [2.75, 3.05) is 5.43 Å². The van der Waals surface area contributed by atoms with E-state index in [1.165, 1.54) is 18.2 Å². The molecule has 0 aliphatic carbocycles. The van der Waals surface area contributed by atoms with Crippen LogP contribution in [0.1, 0.15) is 24.2 Å².